The first-order valence-corrected chi connectivity index (χ1v) is 12.1. The lowest BCUT2D eigenvalue weighted by atomic mass is 9.87. The first-order chi connectivity index (χ1) is 14.0. The summed E-state index contributed by atoms with van der Waals surface area (Å²) in [6.07, 6.45) is 12.3. The Morgan fingerprint density at radius 3 is 2.52 bits per heavy atom. The number of alkyl halides is 1. The Bertz CT molecular complexity index is 753. The molecule has 0 radical (unpaired) electrons. The van der Waals surface area contributed by atoms with Crippen molar-refractivity contribution < 1.29 is 18.4 Å². The van der Waals surface area contributed by atoms with Gasteiger partial charge in [-0.25, -0.2) is 13.6 Å². The largest absolute Gasteiger partial charge is 0.343 e. The Morgan fingerprint density at radius 2 is 1.86 bits per heavy atom. The van der Waals surface area contributed by atoms with E-state index in [-0.39, 0.29) is 6.54 Å². The van der Waals surface area contributed by atoms with Crippen molar-refractivity contribution in [1.29, 1.82) is 0 Å². The highest BCUT2D eigenvalue weighted by atomic mass is 127. The Balaban J connectivity index is 1.93. The van der Waals surface area contributed by atoms with Crippen molar-refractivity contribution in [3.8, 4) is 12.3 Å². The third-order valence-corrected chi connectivity index (χ3v) is 7.29. The smallest absolute Gasteiger partial charge is 0.316 e. The van der Waals surface area contributed by atoms with E-state index in [1.807, 2.05) is 0 Å². The van der Waals surface area contributed by atoms with E-state index in [2.05, 4.69) is 21.9 Å². The molecule has 1 aromatic rings. The van der Waals surface area contributed by atoms with Crippen LogP contribution in [0, 0.1) is 29.9 Å². The quantitative estimate of drug-likeness (QED) is 0.214. The number of carbonyl (C=O) groups is 2. The van der Waals surface area contributed by atoms with Crippen LogP contribution in [0.5, 0.6) is 0 Å². The fourth-order valence-corrected chi connectivity index (χ4v) is 5.33. The molecule has 0 spiro atoms. The molecule has 1 aliphatic rings. The number of rotatable bonds is 8. The van der Waals surface area contributed by atoms with Crippen molar-refractivity contribution >= 4 is 36.7 Å². The maximum absolute atomic E-state index is 13.4. The van der Waals surface area contributed by atoms with Gasteiger partial charge < -0.3 is 16.0 Å². The van der Waals surface area contributed by atoms with Gasteiger partial charge in [0.25, 0.3) is 5.91 Å². The molecule has 158 valence electrons. The maximum atomic E-state index is 13.4. The molecule has 3 N–H and O–H groups in total. The third-order valence-electron chi connectivity index (χ3n) is 4.62. The number of urea groups is 1. The molecule has 1 atom stereocenters. The summed E-state index contributed by atoms with van der Waals surface area (Å²) >= 11 is -1.08. The highest BCUT2D eigenvalue weighted by Crippen LogP contribution is 2.25. The van der Waals surface area contributed by atoms with E-state index in [1.54, 1.807) is 4.01 Å². The number of benzene rings is 1. The molecule has 3 amide bonds. The Morgan fingerprint density at radius 1 is 1.17 bits per heavy atom. The van der Waals surface area contributed by atoms with Gasteiger partial charge in [-0.15, -0.1) is 6.42 Å². The normalized spacial score (nSPS) is 15.8. The molecule has 5 nitrogen and oxygen atoms in total. The molecule has 1 saturated carbocycles. The van der Waals surface area contributed by atoms with E-state index in [4.69, 9.17) is 6.42 Å². The van der Waals surface area contributed by atoms with E-state index < -0.39 is 48.4 Å². The van der Waals surface area contributed by atoms with Crippen LogP contribution in [0.15, 0.2) is 18.2 Å². The molecule has 1 unspecified atom stereocenters. The summed E-state index contributed by atoms with van der Waals surface area (Å²) < 4.78 is 27.5. The summed E-state index contributed by atoms with van der Waals surface area (Å²) in [5.74, 6) is 1.15. The molecule has 1 fully saturated rings. The zero-order chi connectivity index (χ0) is 21.1. The van der Waals surface area contributed by atoms with Crippen molar-refractivity contribution in [2.75, 3.05) is 13.1 Å². The lowest BCUT2D eigenvalue weighted by Gasteiger charge is -2.21. The summed E-state index contributed by atoms with van der Waals surface area (Å²) in [5.41, 5.74) is 0.338. The summed E-state index contributed by atoms with van der Waals surface area (Å²) in [6.45, 7) is 0.588. The first-order valence-electron chi connectivity index (χ1n) is 9.64. The van der Waals surface area contributed by atoms with Gasteiger partial charge in [0.15, 0.2) is 4.05 Å². The van der Waals surface area contributed by atoms with Gasteiger partial charge in [-0.3, -0.25) is 4.79 Å². The van der Waals surface area contributed by atoms with Crippen LogP contribution < -0.4 is 16.0 Å². The van der Waals surface area contributed by atoms with E-state index >= 15 is 0 Å². The molecule has 29 heavy (non-hydrogen) atoms. The van der Waals surface area contributed by atoms with Crippen LogP contribution in [0.2, 0.25) is 0 Å². The molecule has 0 aromatic heterocycles. The Kier molecular flexibility index (Phi) is 10.0. The van der Waals surface area contributed by atoms with Gasteiger partial charge in [0, 0.05) is 12.6 Å². The van der Waals surface area contributed by atoms with Crippen molar-refractivity contribution in [2.45, 2.75) is 42.6 Å². The van der Waals surface area contributed by atoms with E-state index in [0.29, 0.717) is 18.0 Å². The average Bonchev–Trinajstić information content (AvgIpc) is 2.69. The van der Waals surface area contributed by atoms with E-state index in [9.17, 15) is 18.4 Å². The highest BCUT2D eigenvalue weighted by molar-refractivity contribution is 14.2. The van der Waals surface area contributed by atoms with Gasteiger partial charge in [0.1, 0.15) is 11.6 Å². The number of terminal acetylenes is 1. The van der Waals surface area contributed by atoms with E-state index in [0.717, 1.165) is 12.5 Å². The van der Waals surface area contributed by atoms with Crippen molar-refractivity contribution in [2.24, 2.45) is 5.92 Å². The van der Waals surface area contributed by atoms with E-state index in [1.165, 1.54) is 44.2 Å². The lowest BCUT2D eigenvalue weighted by molar-refractivity contribution is -0.120. The number of carbonyl (C=O) groups excluding carboxylic acids is 2. The molecule has 2 rings (SSSR count). The zero-order valence-corrected chi connectivity index (χ0v) is 18.3. The minimum absolute atomic E-state index is 0.0403. The summed E-state index contributed by atoms with van der Waals surface area (Å²) in [7, 11) is 0. The van der Waals surface area contributed by atoms with Crippen molar-refractivity contribution in [3.63, 3.8) is 0 Å². The molecule has 0 aliphatic heterocycles. The molecular formula is C21H26F2IN3O2. The predicted octanol–water partition coefficient (Wildman–Crippen LogP) is 3.43. The van der Waals surface area contributed by atoms with Gasteiger partial charge in [-0.05, 0) is 34.0 Å². The predicted molar refractivity (Wildman–Crippen MR) is 119 cm³/mol. The monoisotopic (exact) mass is 517 g/mol. The SMILES string of the molecule is C#CCNC(=O)C(NC(=O)NCCC1CCCCC1)I=Cc1cc(F)cc(F)c1. The second-order valence-electron chi connectivity index (χ2n) is 6.92. The number of hydrogen-bond donors (Lipinski definition) is 3. The molecule has 8 heteroatoms. The molecule has 0 bridgehead atoms. The van der Waals surface area contributed by atoms with Crippen molar-refractivity contribution in [1.82, 2.24) is 16.0 Å². The first kappa shape index (κ1) is 23.3. The van der Waals surface area contributed by atoms with Gasteiger partial charge in [-0.1, -0.05) is 58.8 Å². The van der Waals surface area contributed by atoms with Crippen LogP contribution in [-0.2, 0) is 4.79 Å². The molecule has 0 saturated heterocycles. The van der Waals surface area contributed by atoms with Gasteiger partial charge in [-0.2, -0.15) is 0 Å². The number of hydrogen-bond acceptors (Lipinski definition) is 2. The zero-order valence-electron chi connectivity index (χ0n) is 16.1. The molecular weight excluding hydrogens is 491 g/mol. The van der Waals surface area contributed by atoms with Gasteiger partial charge in [0.2, 0.25) is 0 Å². The second kappa shape index (κ2) is 12.5. The average molecular weight is 517 g/mol. The second-order valence-corrected chi connectivity index (χ2v) is 9.50. The minimum Gasteiger partial charge on any atom is -0.343 e. The molecule has 0 heterocycles. The number of amides is 3. The fraction of sp³-hybridized carbons (Fsp3) is 0.476. The maximum Gasteiger partial charge on any atom is 0.316 e. The summed E-state index contributed by atoms with van der Waals surface area (Å²) in [4.78, 5) is 24.6. The minimum atomic E-state index is -1.08. The number of nitrogens with one attached hydrogen (secondary N) is 3. The molecule has 1 aromatic carbocycles. The van der Waals surface area contributed by atoms with Crippen LogP contribution in [0.3, 0.4) is 0 Å². The van der Waals surface area contributed by atoms with Gasteiger partial charge in [0.05, 0.1) is 6.54 Å². The number of halogens is 3. The van der Waals surface area contributed by atoms with Crippen LogP contribution in [-0.4, -0.2) is 33.1 Å². The Hall–Kier alpha value is -2.02. The van der Waals surface area contributed by atoms with Crippen LogP contribution in [0.25, 0.3) is 0 Å². The Labute approximate surface area is 180 Å². The molecule has 1 aliphatic carbocycles. The van der Waals surface area contributed by atoms with Crippen molar-refractivity contribution in [3.05, 3.63) is 35.4 Å². The topological polar surface area (TPSA) is 70.2 Å². The summed E-state index contributed by atoms with van der Waals surface area (Å²) in [6, 6.07) is 2.72. The standard InChI is InChI=1S/C21H26F2IN3O2/c1-2-9-25-20(28)19(24-14-16-11-17(22)13-18(23)12-16)27-21(29)26-10-8-15-6-4-3-5-7-15/h1,11-15,19H,3-10H2,(H,25,28)(H2,26,27,29). The lowest BCUT2D eigenvalue weighted by Crippen LogP contribution is -2.47. The highest BCUT2D eigenvalue weighted by Gasteiger charge is 2.19. The third kappa shape index (κ3) is 8.90. The fourth-order valence-electron chi connectivity index (χ4n) is 3.19. The van der Waals surface area contributed by atoms with Crippen LogP contribution in [0.4, 0.5) is 13.6 Å². The van der Waals surface area contributed by atoms with Gasteiger partial charge >= 0.3 is 6.03 Å². The van der Waals surface area contributed by atoms with Crippen LogP contribution >= 0.6 is 20.7 Å². The summed E-state index contributed by atoms with van der Waals surface area (Å²) in [5, 5.41) is 8.01. The van der Waals surface area contributed by atoms with Crippen LogP contribution in [0.1, 0.15) is 44.1 Å².